The highest BCUT2D eigenvalue weighted by Crippen LogP contribution is 2.07. The third-order valence-corrected chi connectivity index (χ3v) is 2.68. The molecular weight excluding hydrogens is 237 g/mol. The van der Waals surface area contributed by atoms with E-state index in [-0.39, 0.29) is 12.8 Å². The van der Waals surface area contributed by atoms with E-state index in [1.165, 1.54) is 0 Å². The molecule has 2 N–H and O–H groups in total. The molecule has 1 saturated heterocycles. The highest BCUT2D eigenvalue weighted by Gasteiger charge is 2.15. The van der Waals surface area contributed by atoms with Crippen molar-refractivity contribution in [2.24, 2.45) is 4.99 Å². The molecule has 0 saturated carbocycles. The second-order valence-electron chi connectivity index (χ2n) is 4.18. The highest BCUT2D eigenvalue weighted by molar-refractivity contribution is 5.79. The Labute approximate surface area is 108 Å². The lowest BCUT2D eigenvalue weighted by atomic mass is 10.3. The summed E-state index contributed by atoms with van der Waals surface area (Å²) in [5.41, 5.74) is 0. The van der Waals surface area contributed by atoms with Gasteiger partial charge in [-0.1, -0.05) is 0 Å². The number of alkyl halides is 1. The number of hydrogen-bond acceptors (Lipinski definition) is 3. The van der Waals surface area contributed by atoms with Crippen molar-refractivity contribution in [1.82, 2.24) is 10.6 Å². The molecule has 5 nitrogen and oxygen atoms in total. The van der Waals surface area contributed by atoms with Crippen LogP contribution in [0.1, 0.15) is 19.3 Å². The van der Waals surface area contributed by atoms with Gasteiger partial charge in [0.1, 0.15) is 0 Å². The molecule has 18 heavy (non-hydrogen) atoms. The largest absolute Gasteiger partial charge is 0.379 e. The average molecular weight is 261 g/mol. The molecule has 0 aliphatic carbocycles. The van der Waals surface area contributed by atoms with Crippen LogP contribution in [0.5, 0.6) is 0 Å². The van der Waals surface area contributed by atoms with E-state index in [9.17, 15) is 4.39 Å². The summed E-state index contributed by atoms with van der Waals surface area (Å²) < 4.78 is 22.8. The standard InChI is InChI=1S/C12H24FN3O2/c1-14-12(15-6-2-5-13)16-7-3-8-18-11-4-9-17-10-11/h11H,2-10H2,1H3,(H2,14,15,16). The van der Waals surface area contributed by atoms with Crippen molar-refractivity contribution in [3.8, 4) is 0 Å². The third kappa shape index (κ3) is 6.76. The van der Waals surface area contributed by atoms with Crippen LogP contribution in [0.25, 0.3) is 0 Å². The van der Waals surface area contributed by atoms with Gasteiger partial charge in [-0.2, -0.15) is 0 Å². The topological polar surface area (TPSA) is 54.9 Å². The van der Waals surface area contributed by atoms with Crippen LogP contribution in [0.4, 0.5) is 4.39 Å². The summed E-state index contributed by atoms with van der Waals surface area (Å²) in [5, 5.41) is 6.20. The van der Waals surface area contributed by atoms with Crippen molar-refractivity contribution in [3.05, 3.63) is 0 Å². The maximum atomic E-state index is 11.9. The van der Waals surface area contributed by atoms with Gasteiger partial charge in [0.25, 0.3) is 0 Å². The van der Waals surface area contributed by atoms with Gasteiger partial charge in [-0.3, -0.25) is 9.38 Å². The molecular formula is C12H24FN3O2. The zero-order chi connectivity index (χ0) is 13.1. The summed E-state index contributed by atoms with van der Waals surface area (Å²) in [6.45, 7) is 3.35. The molecule has 0 aromatic carbocycles. The predicted molar refractivity (Wildman–Crippen MR) is 69.7 cm³/mol. The third-order valence-electron chi connectivity index (χ3n) is 2.68. The van der Waals surface area contributed by atoms with Crippen LogP contribution >= 0.6 is 0 Å². The van der Waals surface area contributed by atoms with Crippen molar-refractivity contribution in [2.45, 2.75) is 25.4 Å². The molecule has 1 fully saturated rings. The second-order valence-corrected chi connectivity index (χ2v) is 4.18. The summed E-state index contributed by atoms with van der Waals surface area (Å²) in [6.07, 6.45) is 2.69. The molecule has 106 valence electrons. The quantitative estimate of drug-likeness (QED) is 0.384. The maximum absolute atomic E-state index is 11.9. The number of aliphatic imine (C=N–C) groups is 1. The Morgan fingerprint density at radius 1 is 1.39 bits per heavy atom. The minimum absolute atomic E-state index is 0.270. The van der Waals surface area contributed by atoms with Gasteiger partial charge in [-0.15, -0.1) is 0 Å². The molecule has 1 aliphatic heterocycles. The number of nitrogens with one attached hydrogen (secondary N) is 2. The molecule has 0 aromatic rings. The van der Waals surface area contributed by atoms with Crippen molar-refractivity contribution in [1.29, 1.82) is 0 Å². The van der Waals surface area contributed by atoms with Gasteiger partial charge in [0.2, 0.25) is 0 Å². The zero-order valence-corrected chi connectivity index (χ0v) is 11.1. The predicted octanol–water partition coefficient (Wildman–Crippen LogP) is 0.707. The van der Waals surface area contributed by atoms with Crippen molar-refractivity contribution in [3.63, 3.8) is 0 Å². The molecule has 0 aromatic heterocycles. The van der Waals surface area contributed by atoms with Crippen LogP contribution < -0.4 is 10.6 Å². The Morgan fingerprint density at radius 3 is 2.78 bits per heavy atom. The lowest BCUT2D eigenvalue weighted by Crippen LogP contribution is -2.38. The molecule has 1 atom stereocenters. The van der Waals surface area contributed by atoms with Gasteiger partial charge in [0, 0.05) is 33.4 Å². The Kier molecular flexibility index (Phi) is 8.50. The minimum Gasteiger partial charge on any atom is -0.379 e. The fraction of sp³-hybridized carbons (Fsp3) is 0.917. The fourth-order valence-corrected chi connectivity index (χ4v) is 1.67. The summed E-state index contributed by atoms with van der Waals surface area (Å²) in [4.78, 5) is 4.05. The Morgan fingerprint density at radius 2 is 2.17 bits per heavy atom. The number of rotatable bonds is 8. The van der Waals surface area contributed by atoms with Gasteiger partial charge >= 0.3 is 0 Å². The number of guanidine groups is 1. The lowest BCUT2D eigenvalue weighted by Gasteiger charge is -2.12. The molecule has 0 amide bonds. The lowest BCUT2D eigenvalue weighted by molar-refractivity contribution is 0.0420. The Bertz CT molecular complexity index is 233. The number of hydrogen-bond donors (Lipinski definition) is 2. The maximum Gasteiger partial charge on any atom is 0.190 e. The summed E-state index contributed by atoms with van der Waals surface area (Å²) in [6, 6.07) is 0. The van der Waals surface area contributed by atoms with E-state index < -0.39 is 0 Å². The number of ether oxygens (including phenoxy) is 2. The van der Waals surface area contributed by atoms with Crippen molar-refractivity contribution >= 4 is 5.96 Å². The normalized spacial score (nSPS) is 20.1. The van der Waals surface area contributed by atoms with E-state index in [0.717, 1.165) is 39.2 Å². The monoisotopic (exact) mass is 261 g/mol. The van der Waals surface area contributed by atoms with Gasteiger partial charge in [-0.05, 0) is 19.3 Å². The fourth-order valence-electron chi connectivity index (χ4n) is 1.67. The Balaban J connectivity index is 1.94. The molecule has 1 unspecified atom stereocenters. The summed E-state index contributed by atoms with van der Waals surface area (Å²) >= 11 is 0. The van der Waals surface area contributed by atoms with Gasteiger partial charge in [0.15, 0.2) is 5.96 Å². The molecule has 0 radical (unpaired) electrons. The first-order chi connectivity index (χ1) is 8.86. The first-order valence-electron chi connectivity index (χ1n) is 6.56. The molecule has 0 spiro atoms. The van der Waals surface area contributed by atoms with E-state index in [0.29, 0.717) is 18.9 Å². The van der Waals surface area contributed by atoms with Gasteiger partial charge in [0.05, 0.1) is 19.4 Å². The highest BCUT2D eigenvalue weighted by atomic mass is 19.1. The van der Waals surface area contributed by atoms with Crippen LogP contribution in [-0.2, 0) is 9.47 Å². The summed E-state index contributed by atoms with van der Waals surface area (Å²) in [7, 11) is 1.71. The van der Waals surface area contributed by atoms with E-state index >= 15 is 0 Å². The van der Waals surface area contributed by atoms with Crippen LogP contribution in [0, 0.1) is 0 Å². The van der Waals surface area contributed by atoms with E-state index in [1.54, 1.807) is 7.05 Å². The summed E-state index contributed by atoms with van der Waals surface area (Å²) in [5.74, 6) is 0.715. The number of nitrogens with zero attached hydrogens (tertiary/aromatic N) is 1. The van der Waals surface area contributed by atoms with Gasteiger partial charge < -0.3 is 20.1 Å². The first-order valence-corrected chi connectivity index (χ1v) is 6.56. The molecule has 1 rings (SSSR count). The van der Waals surface area contributed by atoms with Crippen LogP contribution in [-0.4, -0.2) is 58.7 Å². The SMILES string of the molecule is CN=C(NCCCF)NCCCOC1CCOC1. The molecule has 1 heterocycles. The minimum atomic E-state index is -0.304. The Hall–Kier alpha value is -0.880. The van der Waals surface area contributed by atoms with Crippen molar-refractivity contribution in [2.75, 3.05) is 46.6 Å². The molecule has 1 aliphatic rings. The van der Waals surface area contributed by atoms with Gasteiger partial charge in [-0.25, -0.2) is 0 Å². The van der Waals surface area contributed by atoms with Crippen molar-refractivity contribution < 1.29 is 13.9 Å². The number of halogens is 1. The van der Waals surface area contributed by atoms with Crippen LogP contribution in [0.15, 0.2) is 4.99 Å². The molecule has 0 bridgehead atoms. The molecule has 6 heteroatoms. The smallest absolute Gasteiger partial charge is 0.190 e. The van der Waals surface area contributed by atoms with E-state index in [1.807, 2.05) is 0 Å². The van der Waals surface area contributed by atoms with Crippen LogP contribution in [0.2, 0.25) is 0 Å². The zero-order valence-electron chi connectivity index (χ0n) is 11.1. The first kappa shape index (κ1) is 15.2. The van der Waals surface area contributed by atoms with Crippen LogP contribution in [0.3, 0.4) is 0 Å². The second kappa shape index (κ2) is 10.1. The van der Waals surface area contributed by atoms with E-state index in [2.05, 4.69) is 15.6 Å². The van der Waals surface area contributed by atoms with E-state index in [4.69, 9.17) is 9.47 Å². The average Bonchev–Trinajstić information content (AvgIpc) is 2.89.